The van der Waals surface area contributed by atoms with E-state index in [4.69, 9.17) is 14.2 Å². The van der Waals surface area contributed by atoms with Gasteiger partial charge in [0, 0.05) is 19.6 Å². The third-order valence-electron chi connectivity index (χ3n) is 3.72. The minimum Gasteiger partial charge on any atom is -0.497 e. The number of hydrogen-bond acceptors (Lipinski definition) is 5. The molecule has 134 valence electrons. The molecule has 0 spiro atoms. The molecule has 6 nitrogen and oxygen atoms in total. The van der Waals surface area contributed by atoms with E-state index in [0.717, 1.165) is 17.9 Å². The SMILES string of the molecule is COc1ccc(CNCC2COCCN2C(=O)OC(C)(C)C)cc1. The van der Waals surface area contributed by atoms with Crippen LogP contribution in [0.3, 0.4) is 0 Å². The fraction of sp³-hybridized carbons (Fsp3) is 0.611. The quantitative estimate of drug-likeness (QED) is 0.895. The van der Waals surface area contributed by atoms with Gasteiger partial charge in [-0.3, -0.25) is 4.90 Å². The molecule has 0 aromatic heterocycles. The van der Waals surface area contributed by atoms with Gasteiger partial charge in [-0.15, -0.1) is 0 Å². The third-order valence-corrected chi connectivity index (χ3v) is 3.72. The van der Waals surface area contributed by atoms with E-state index in [0.29, 0.717) is 26.3 Å². The summed E-state index contributed by atoms with van der Waals surface area (Å²) in [6.45, 7) is 8.65. The molecule has 0 aliphatic carbocycles. The number of nitrogens with zero attached hydrogens (tertiary/aromatic N) is 1. The Kier molecular flexibility index (Phi) is 6.45. The lowest BCUT2D eigenvalue weighted by molar-refractivity contribution is -0.0317. The average Bonchev–Trinajstić information content (AvgIpc) is 2.54. The number of carbonyl (C=O) groups is 1. The van der Waals surface area contributed by atoms with Gasteiger partial charge >= 0.3 is 6.09 Å². The first kappa shape index (κ1) is 18.5. The van der Waals surface area contributed by atoms with Crippen LogP contribution in [0.5, 0.6) is 5.75 Å². The molecule has 0 saturated carbocycles. The largest absolute Gasteiger partial charge is 0.497 e. The van der Waals surface area contributed by atoms with E-state index in [-0.39, 0.29) is 12.1 Å². The van der Waals surface area contributed by atoms with E-state index in [1.807, 2.05) is 45.0 Å². The molecule has 1 aliphatic rings. The number of carbonyl (C=O) groups excluding carboxylic acids is 1. The van der Waals surface area contributed by atoms with Gasteiger partial charge in [0.05, 0.1) is 26.4 Å². The van der Waals surface area contributed by atoms with Crippen molar-refractivity contribution in [2.45, 2.75) is 39.0 Å². The zero-order valence-electron chi connectivity index (χ0n) is 15.0. The van der Waals surface area contributed by atoms with E-state index in [2.05, 4.69) is 5.32 Å². The Morgan fingerprint density at radius 2 is 2.04 bits per heavy atom. The molecule has 1 fully saturated rings. The highest BCUT2D eigenvalue weighted by atomic mass is 16.6. The molecule has 1 aromatic carbocycles. The van der Waals surface area contributed by atoms with E-state index < -0.39 is 5.60 Å². The Balaban J connectivity index is 1.85. The molecule has 0 bridgehead atoms. The van der Waals surface area contributed by atoms with Crippen molar-refractivity contribution in [1.82, 2.24) is 10.2 Å². The summed E-state index contributed by atoms with van der Waals surface area (Å²) in [6, 6.07) is 7.90. The molecular formula is C18H28N2O4. The van der Waals surface area contributed by atoms with Crippen molar-refractivity contribution in [3.05, 3.63) is 29.8 Å². The minimum atomic E-state index is -0.490. The monoisotopic (exact) mass is 336 g/mol. The van der Waals surface area contributed by atoms with E-state index in [1.165, 1.54) is 0 Å². The first-order chi connectivity index (χ1) is 11.4. The van der Waals surface area contributed by atoms with Crippen LogP contribution >= 0.6 is 0 Å². The van der Waals surface area contributed by atoms with Crippen molar-refractivity contribution in [3.63, 3.8) is 0 Å². The summed E-state index contributed by atoms with van der Waals surface area (Å²) in [5.41, 5.74) is 0.674. The van der Waals surface area contributed by atoms with Crippen LogP contribution in [0.4, 0.5) is 4.79 Å². The molecule has 1 unspecified atom stereocenters. The minimum absolute atomic E-state index is 0.0214. The van der Waals surface area contributed by atoms with E-state index in [1.54, 1.807) is 12.0 Å². The smallest absolute Gasteiger partial charge is 0.410 e. The maximum absolute atomic E-state index is 12.3. The van der Waals surface area contributed by atoms with Crippen LogP contribution in [0.1, 0.15) is 26.3 Å². The number of methoxy groups -OCH3 is 1. The van der Waals surface area contributed by atoms with Crippen LogP contribution in [0.15, 0.2) is 24.3 Å². The van der Waals surface area contributed by atoms with Crippen LogP contribution < -0.4 is 10.1 Å². The number of morpholine rings is 1. The lowest BCUT2D eigenvalue weighted by Crippen LogP contribution is -2.54. The molecule has 1 aromatic rings. The Bertz CT molecular complexity index is 525. The second kappa shape index (κ2) is 8.35. The number of benzene rings is 1. The highest BCUT2D eigenvalue weighted by Gasteiger charge is 2.30. The normalized spacial score (nSPS) is 18.3. The standard InChI is InChI=1S/C18H28N2O4/c1-18(2,3)24-17(21)20-9-10-23-13-15(20)12-19-11-14-5-7-16(22-4)8-6-14/h5-8,15,19H,9-13H2,1-4H3. The van der Waals surface area contributed by atoms with Crippen LogP contribution in [0.2, 0.25) is 0 Å². The molecule has 1 N–H and O–H groups in total. The molecule has 24 heavy (non-hydrogen) atoms. The molecule has 1 atom stereocenters. The second-order valence-electron chi connectivity index (χ2n) is 6.88. The summed E-state index contributed by atoms with van der Waals surface area (Å²) >= 11 is 0. The van der Waals surface area contributed by atoms with Gasteiger partial charge in [-0.1, -0.05) is 12.1 Å². The van der Waals surface area contributed by atoms with Gasteiger partial charge < -0.3 is 19.5 Å². The predicted octanol–water partition coefficient (Wildman–Crippen LogP) is 2.42. The van der Waals surface area contributed by atoms with Gasteiger partial charge in [0.2, 0.25) is 0 Å². The summed E-state index contributed by atoms with van der Waals surface area (Å²) in [7, 11) is 1.65. The number of nitrogens with one attached hydrogen (secondary N) is 1. The highest BCUT2D eigenvalue weighted by Crippen LogP contribution is 2.15. The fourth-order valence-electron chi connectivity index (χ4n) is 2.51. The maximum atomic E-state index is 12.3. The van der Waals surface area contributed by atoms with Crippen molar-refractivity contribution in [3.8, 4) is 5.75 Å². The number of amides is 1. The lowest BCUT2D eigenvalue weighted by Gasteiger charge is -2.36. The first-order valence-electron chi connectivity index (χ1n) is 8.30. The van der Waals surface area contributed by atoms with Crippen LogP contribution in [0.25, 0.3) is 0 Å². The summed E-state index contributed by atoms with van der Waals surface area (Å²) in [6.07, 6.45) is -0.276. The molecule has 1 heterocycles. The highest BCUT2D eigenvalue weighted by molar-refractivity contribution is 5.68. The Morgan fingerprint density at radius 3 is 2.67 bits per heavy atom. The topological polar surface area (TPSA) is 60.0 Å². The van der Waals surface area contributed by atoms with Gasteiger partial charge in [0.15, 0.2) is 0 Å². The third kappa shape index (κ3) is 5.69. The summed E-state index contributed by atoms with van der Waals surface area (Å²) in [4.78, 5) is 14.1. The number of ether oxygens (including phenoxy) is 3. The maximum Gasteiger partial charge on any atom is 0.410 e. The summed E-state index contributed by atoms with van der Waals surface area (Å²) < 4.78 is 16.2. The zero-order valence-corrected chi connectivity index (χ0v) is 15.0. The van der Waals surface area contributed by atoms with Gasteiger partial charge in [-0.05, 0) is 38.5 Å². The Hall–Kier alpha value is -1.79. The van der Waals surface area contributed by atoms with Gasteiger partial charge in [-0.25, -0.2) is 4.79 Å². The predicted molar refractivity (Wildman–Crippen MR) is 92.2 cm³/mol. The molecular weight excluding hydrogens is 308 g/mol. The van der Waals surface area contributed by atoms with Crippen molar-refractivity contribution >= 4 is 6.09 Å². The Morgan fingerprint density at radius 1 is 1.33 bits per heavy atom. The second-order valence-corrected chi connectivity index (χ2v) is 6.88. The molecule has 1 amide bonds. The number of rotatable bonds is 5. The zero-order chi connectivity index (χ0) is 17.6. The van der Waals surface area contributed by atoms with Crippen molar-refractivity contribution in [2.24, 2.45) is 0 Å². The van der Waals surface area contributed by atoms with Crippen molar-refractivity contribution in [2.75, 3.05) is 33.4 Å². The van der Waals surface area contributed by atoms with Gasteiger partial charge in [0.1, 0.15) is 11.4 Å². The molecule has 1 saturated heterocycles. The molecule has 1 aliphatic heterocycles. The molecule has 0 radical (unpaired) electrons. The van der Waals surface area contributed by atoms with Crippen LogP contribution in [0, 0.1) is 0 Å². The molecule has 2 rings (SSSR count). The van der Waals surface area contributed by atoms with Crippen molar-refractivity contribution < 1.29 is 19.0 Å². The Labute approximate surface area is 144 Å². The van der Waals surface area contributed by atoms with Gasteiger partial charge in [0.25, 0.3) is 0 Å². The average molecular weight is 336 g/mol. The summed E-state index contributed by atoms with van der Waals surface area (Å²) in [5.74, 6) is 0.843. The molecule has 6 heteroatoms. The number of hydrogen-bond donors (Lipinski definition) is 1. The van der Waals surface area contributed by atoms with E-state index in [9.17, 15) is 4.79 Å². The lowest BCUT2D eigenvalue weighted by atomic mass is 10.2. The van der Waals surface area contributed by atoms with Crippen LogP contribution in [-0.2, 0) is 16.0 Å². The fourth-order valence-corrected chi connectivity index (χ4v) is 2.51. The van der Waals surface area contributed by atoms with Crippen LogP contribution in [-0.4, -0.2) is 56.0 Å². The summed E-state index contributed by atoms with van der Waals surface area (Å²) in [5, 5.41) is 3.39. The van der Waals surface area contributed by atoms with Gasteiger partial charge in [-0.2, -0.15) is 0 Å². The van der Waals surface area contributed by atoms with Crippen molar-refractivity contribution in [1.29, 1.82) is 0 Å². The van der Waals surface area contributed by atoms with E-state index >= 15 is 0 Å². The first-order valence-corrected chi connectivity index (χ1v) is 8.30.